The molecule has 6 heteroatoms. The number of fused-ring (bicyclic) bond motifs is 1. The quantitative estimate of drug-likeness (QED) is 0.886. The van der Waals surface area contributed by atoms with E-state index in [-0.39, 0.29) is 11.8 Å². The van der Waals surface area contributed by atoms with Crippen molar-refractivity contribution in [2.75, 3.05) is 13.6 Å². The second-order valence-electron chi connectivity index (χ2n) is 8.43. The van der Waals surface area contributed by atoms with E-state index < -0.39 is 0 Å². The first kappa shape index (κ1) is 15.9. The molecule has 136 valence electrons. The fourth-order valence-corrected chi connectivity index (χ4v) is 6.03. The Morgan fingerprint density at radius 2 is 1.96 bits per heavy atom. The van der Waals surface area contributed by atoms with E-state index in [4.69, 9.17) is 0 Å². The van der Waals surface area contributed by atoms with Crippen LogP contribution >= 0.6 is 0 Å². The highest BCUT2D eigenvalue weighted by Gasteiger charge is 2.57. The van der Waals surface area contributed by atoms with Crippen LogP contribution < -0.4 is 10.6 Å². The Balaban J connectivity index is 1.37. The van der Waals surface area contributed by atoms with Crippen LogP contribution in [-0.2, 0) is 0 Å². The first-order chi connectivity index (χ1) is 12.6. The molecule has 2 amide bonds. The van der Waals surface area contributed by atoms with Crippen molar-refractivity contribution in [3.05, 3.63) is 35.8 Å². The van der Waals surface area contributed by atoms with Gasteiger partial charge in [0.1, 0.15) is 17.0 Å². The molecule has 4 saturated carbocycles. The van der Waals surface area contributed by atoms with E-state index in [1.165, 1.54) is 32.1 Å². The molecular weight excluding hydrogens is 328 g/mol. The molecule has 0 spiro atoms. The van der Waals surface area contributed by atoms with Gasteiger partial charge in [-0.25, -0.2) is 4.98 Å². The van der Waals surface area contributed by atoms with Crippen LogP contribution in [0.15, 0.2) is 24.4 Å². The van der Waals surface area contributed by atoms with Crippen molar-refractivity contribution in [1.82, 2.24) is 20.0 Å². The highest BCUT2D eigenvalue weighted by atomic mass is 16.2. The molecule has 0 aromatic carbocycles. The normalized spacial score (nSPS) is 31.5. The van der Waals surface area contributed by atoms with Gasteiger partial charge in [0.25, 0.3) is 11.8 Å². The van der Waals surface area contributed by atoms with Gasteiger partial charge in [-0.3, -0.25) is 14.0 Å². The standard InChI is InChI=1S/C20H24N4O2/c1-21-18(25)15-10-24-16(3-2-4-17(24)23-15)19(26)22-11-20-8-12-5-13(9-20)7-14(20)6-12/h2-4,10,12-14H,5-9,11H2,1H3,(H,21,25)(H,22,26). The van der Waals surface area contributed by atoms with Crippen molar-refractivity contribution >= 4 is 17.5 Å². The number of imidazole rings is 1. The minimum atomic E-state index is -0.252. The number of amides is 2. The van der Waals surface area contributed by atoms with Crippen LogP contribution in [-0.4, -0.2) is 34.8 Å². The Morgan fingerprint density at radius 3 is 2.69 bits per heavy atom. The van der Waals surface area contributed by atoms with E-state index >= 15 is 0 Å². The zero-order valence-corrected chi connectivity index (χ0v) is 15.0. The van der Waals surface area contributed by atoms with E-state index in [9.17, 15) is 9.59 Å². The smallest absolute Gasteiger partial charge is 0.271 e. The molecule has 2 N–H and O–H groups in total. The van der Waals surface area contributed by atoms with Crippen molar-refractivity contribution in [1.29, 1.82) is 0 Å². The number of carbonyl (C=O) groups is 2. The average Bonchev–Trinajstić information content (AvgIpc) is 3.25. The summed E-state index contributed by atoms with van der Waals surface area (Å²) in [6, 6.07) is 5.40. The van der Waals surface area contributed by atoms with Gasteiger partial charge in [-0.1, -0.05) is 6.07 Å². The number of aromatic nitrogens is 2. The number of pyridine rings is 1. The summed E-state index contributed by atoms with van der Waals surface area (Å²) in [5, 5.41) is 5.77. The van der Waals surface area contributed by atoms with Crippen LogP contribution in [0.1, 0.15) is 53.1 Å². The lowest BCUT2D eigenvalue weighted by molar-refractivity contribution is 0.0906. The van der Waals surface area contributed by atoms with Gasteiger partial charge in [-0.2, -0.15) is 0 Å². The summed E-state index contributed by atoms with van der Waals surface area (Å²) in [6.07, 6.45) is 8.32. The summed E-state index contributed by atoms with van der Waals surface area (Å²) >= 11 is 0. The number of hydrogen-bond donors (Lipinski definition) is 2. The molecule has 0 saturated heterocycles. The fourth-order valence-electron chi connectivity index (χ4n) is 6.03. The van der Waals surface area contributed by atoms with Crippen LogP contribution in [0.25, 0.3) is 5.65 Å². The third-order valence-corrected chi connectivity index (χ3v) is 6.94. The molecule has 4 bridgehead atoms. The molecule has 0 aliphatic heterocycles. The highest BCUT2D eigenvalue weighted by molar-refractivity contribution is 5.95. The molecule has 6 rings (SSSR count). The first-order valence-corrected chi connectivity index (χ1v) is 9.56. The van der Waals surface area contributed by atoms with Gasteiger partial charge >= 0.3 is 0 Å². The second kappa shape index (κ2) is 5.56. The summed E-state index contributed by atoms with van der Waals surface area (Å²) in [5.74, 6) is 2.23. The Hall–Kier alpha value is -2.37. The first-order valence-electron chi connectivity index (χ1n) is 9.56. The number of hydrogen-bond acceptors (Lipinski definition) is 3. The van der Waals surface area contributed by atoms with Gasteiger partial charge in [0, 0.05) is 19.8 Å². The van der Waals surface area contributed by atoms with E-state index in [1.807, 2.05) is 6.07 Å². The van der Waals surface area contributed by atoms with Gasteiger partial charge in [0.2, 0.25) is 0 Å². The van der Waals surface area contributed by atoms with Gasteiger partial charge in [0.05, 0.1) is 0 Å². The molecule has 2 unspecified atom stereocenters. The van der Waals surface area contributed by atoms with Crippen molar-refractivity contribution in [3.63, 3.8) is 0 Å². The summed E-state index contributed by atoms with van der Waals surface area (Å²) in [5.41, 5.74) is 1.78. The predicted molar refractivity (Wildman–Crippen MR) is 96.9 cm³/mol. The van der Waals surface area contributed by atoms with E-state index in [0.29, 0.717) is 22.5 Å². The summed E-state index contributed by atoms with van der Waals surface area (Å²) in [7, 11) is 1.57. The number of nitrogens with one attached hydrogen (secondary N) is 2. The minimum absolute atomic E-state index is 0.0861. The van der Waals surface area contributed by atoms with Crippen LogP contribution in [0.4, 0.5) is 0 Å². The lowest BCUT2D eigenvalue weighted by Gasteiger charge is -2.33. The summed E-state index contributed by atoms with van der Waals surface area (Å²) in [6.45, 7) is 0.775. The monoisotopic (exact) mass is 352 g/mol. The predicted octanol–water partition coefficient (Wildman–Crippen LogP) is 2.25. The topological polar surface area (TPSA) is 75.5 Å². The van der Waals surface area contributed by atoms with Crippen molar-refractivity contribution < 1.29 is 9.59 Å². The molecule has 2 atom stereocenters. The Kier molecular flexibility index (Phi) is 3.39. The zero-order valence-electron chi connectivity index (χ0n) is 15.0. The van der Waals surface area contributed by atoms with Crippen molar-refractivity contribution in [2.45, 2.75) is 32.1 Å². The lowest BCUT2D eigenvalue weighted by Crippen LogP contribution is -2.39. The van der Waals surface area contributed by atoms with Gasteiger partial charge < -0.3 is 10.6 Å². The van der Waals surface area contributed by atoms with Crippen molar-refractivity contribution in [2.24, 2.45) is 23.2 Å². The third-order valence-electron chi connectivity index (χ3n) is 6.94. The number of nitrogens with zero attached hydrogens (tertiary/aromatic N) is 2. The number of carbonyl (C=O) groups excluding carboxylic acids is 2. The van der Waals surface area contributed by atoms with E-state index in [0.717, 1.165) is 24.3 Å². The van der Waals surface area contributed by atoms with Crippen LogP contribution in [0.5, 0.6) is 0 Å². The van der Waals surface area contributed by atoms with Crippen LogP contribution in [0.3, 0.4) is 0 Å². The fraction of sp³-hybridized carbons (Fsp3) is 0.550. The molecule has 4 aliphatic carbocycles. The largest absolute Gasteiger partial charge is 0.354 e. The summed E-state index contributed by atoms with van der Waals surface area (Å²) < 4.78 is 1.70. The molecule has 6 nitrogen and oxygen atoms in total. The Morgan fingerprint density at radius 1 is 1.19 bits per heavy atom. The maximum Gasteiger partial charge on any atom is 0.271 e. The maximum atomic E-state index is 12.9. The van der Waals surface area contributed by atoms with E-state index in [2.05, 4.69) is 15.6 Å². The molecule has 2 aromatic heterocycles. The van der Waals surface area contributed by atoms with Crippen molar-refractivity contribution in [3.8, 4) is 0 Å². The number of rotatable bonds is 4. The Bertz CT molecular complexity index is 888. The second-order valence-corrected chi connectivity index (χ2v) is 8.43. The molecule has 26 heavy (non-hydrogen) atoms. The molecule has 4 fully saturated rings. The molecule has 0 radical (unpaired) electrons. The minimum Gasteiger partial charge on any atom is -0.354 e. The molecule has 2 heterocycles. The van der Waals surface area contributed by atoms with Crippen LogP contribution in [0.2, 0.25) is 0 Å². The maximum absolute atomic E-state index is 12.9. The Labute approximate surface area is 152 Å². The highest BCUT2D eigenvalue weighted by Crippen LogP contribution is 2.65. The lowest BCUT2D eigenvalue weighted by atomic mass is 9.75. The average molecular weight is 352 g/mol. The van der Waals surface area contributed by atoms with Gasteiger partial charge in [-0.15, -0.1) is 0 Å². The molecular formula is C20H24N4O2. The third kappa shape index (κ3) is 2.27. The molecule has 2 aromatic rings. The summed E-state index contributed by atoms with van der Waals surface area (Å²) in [4.78, 5) is 29.0. The van der Waals surface area contributed by atoms with Gasteiger partial charge in [-0.05, 0) is 67.4 Å². The zero-order chi connectivity index (χ0) is 17.9. The van der Waals surface area contributed by atoms with Crippen LogP contribution in [0, 0.1) is 23.2 Å². The molecule has 4 aliphatic rings. The SMILES string of the molecule is CNC(=O)c1cn2c(C(=O)NCC34CC5CC(CC3C5)C4)cccc2n1. The van der Waals surface area contributed by atoms with E-state index in [1.54, 1.807) is 29.8 Å². The van der Waals surface area contributed by atoms with Gasteiger partial charge in [0.15, 0.2) is 0 Å².